The van der Waals surface area contributed by atoms with E-state index in [0.29, 0.717) is 22.9 Å². The fraction of sp³-hybridized carbons (Fsp3) is 0.273. The number of carbonyl (C=O) groups excluding carboxylic acids is 1. The van der Waals surface area contributed by atoms with Crippen LogP contribution in [0.3, 0.4) is 0 Å². The number of amides is 1. The molecule has 0 aliphatic carbocycles. The largest absolute Gasteiger partial charge is 0.493 e. The number of nitrogens with zero attached hydrogens (tertiary/aromatic N) is 3. The molecule has 1 aliphatic rings. The van der Waals surface area contributed by atoms with Gasteiger partial charge in [-0.15, -0.1) is 0 Å². The maximum Gasteiger partial charge on any atom is 0.269 e. The van der Waals surface area contributed by atoms with E-state index in [9.17, 15) is 9.18 Å². The first-order chi connectivity index (χ1) is 17.1. The molecule has 178 valence electrons. The normalized spacial score (nSPS) is 14.6. The van der Waals surface area contributed by atoms with Crippen LogP contribution in [0.25, 0.3) is 0 Å². The van der Waals surface area contributed by atoms with Crippen molar-refractivity contribution in [3.63, 3.8) is 0 Å². The number of ether oxygens (including phenoxy) is 4. The summed E-state index contributed by atoms with van der Waals surface area (Å²) in [6.07, 6.45) is 0.923. The molecule has 1 aliphatic heterocycles. The Balaban J connectivity index is 1.66. The van der Waals surface area contributed by atoms with Crippen LogP contribution in [0.4, 0.5) is 33.5 Å². The van der Waals surface area contributed by atoms with Gasteiger partial charge in [-0.3, -0.25) is 4.79 Å². The lowest BCUT2D eigenvalue weighted by Crippen LogP contribution is -2.46. The topological polar surface area (TPSA) is 129 Å². The fourth-order valence-corrected chi connectivity index (χ4v) is 3.05. The molecule has 12 heteroatoms. The first-order valence-electron chi connectivity index (χ1n) is 11.0. The molecule has 34 heavy (non-hydrogen) atoms. The lowest BCUT2D eigenvalue weighted by Gasteiger charge is -2.30. The lowest BCUT2D eigenvalue weighted by molar-refractivity contribution is -0.129. The third kappa shape index (κ3) is 4.42. The second-order valence-corrected chi connectivity index (χ2v) is 7.51. The third-order valence-corrected chi connectivity index (χ3v) is 4.77. The number of nitrogens with one attached hydrogen (secondary N) is 3. The highest BCUT2D eigenvalue weighted by Crippen LogP contribution is 2.40. The molecule has 0 saturated heterocycles. The molecule has 3 heterocycles. The van der Waals surface area contributed by atoms with Crippen LogP contribution in [-0.2, 0) is 4.79 Å². The molecule has 0 fully saturated rings. The van der Waals surface area contributed by atoms with E-state index in [1.54, 1.807) is 12.1 Å². The molecular formula is C22H23FN6O5. The number of halogens is 1. The van der Waals surface area contributed by atoms with E-state index < -0.39 is 17.3 Å². The molecule has 0 bridgehead atoms. The SMILES string of the molecule is [2H]c1c(Nc2nc(Nc3cc(OC)c(OC)c(OC)c3)ncc2F)nc2c(c1[2H])OC(C)(C)C(=O)N2. The Morgan fingerprint density at radius 2 is 1.79 bits per heavy atom. The van der Waals surface area contributed by atoms with Gasteiger partial charge in [0, 0.05) is 17.8 Å². The number of methoxy groups -OCH3 is 3. The molecule has 3 N–H and O–H groups in total. The minimum Gasteiger partial charge on any atom is -0.493 e. The van der Waals surface area contributed by atoms with Gasteiger partial charge < -0.3 is 34.9 Å². The van der Waals surface area contributed by atoms with Gasteiger partial charge in [0.15, 0.2) is 40.3 Å². The van der Waals surface area contributed by atoms with Crippen molar-refractivity contribution in [2.75, 3.05) is 37.3 Å². The van der Waals surface area contributed by atoms with Crippen LogP contribution in [0.2, 0.25) is 0 Å². The Kier molecular flexibility index (Phi) is 5.30. The number of rotatable bonds is 7. The summed E-state index contributed by atoms with van der Waals surface area (Å²) < 4.78 is 52.6. The number of hydrogen-bond acceptors (Lipinski definition) is 10. The van der Waals surface area contributed by atoms with Crippen molar-refractivity contribution in [2.45, 2.75) is 19.4 Å². The van der Waals surface area contributed by atoms with Crippen molar-refractivity contribution in [1.82, 2.24) is 15.0 Å². The molecule has 4 rings (SSSR count). The number of fused-ring (bicyclic) bond motifs is 1. The third-order valence-electron chi connectivity index (χ3n) is 4.77. The van der Waals surface area contributed by atoms with Gasteiger partial charge >= 0.3 is 0 Å². The minimum absolute atomic E-state index is 0.00199. The van der Waals surface area contributed by atoms with Crippen molar-refractivity contribution >= 4 is 35.0 Å². The van der Waals surface area contributed by atoms with E-state index in [0.717, 1.165) is 6.20 Å². The monoisotopic (exact) mass is 472 g/mol. The van der Waals surface area contributed by atoms with Gasteiger partial charge in [-0.05, 0) is 25.9 Å². The lowest BCUT2D eigenvalue weighted by atomic mass is 10.1. The van der Waals surface area contributed by atoms with E-state index in [-0.39, 0.29) is 41.2 Å². The number of anilines is 5. The maximum absolute atomic E-state index is 14.6. The number of hydrogen-bond donors (Lipinski definition) is 3. The predicted octanol–water partition coefficient (Wildman–Crippen LogP) is 3.63. The van der Waals surface area contributed by atoms with Gasteiger partial charge in [0.05, 0.1) is 30.3 Å². The number of benzene rings is 1. The van der Waals surface area contributed by atoms with Gasteiger partial charge in [0.25, 0.3) is 5.91 Å². The van der Waals surface area contributed by atoms with Crippen LogP contribution in [-0.4, -0.2) is 47.8 Å². The summed E-state index contributed by atoms with van der Waals surface area (Å²) in [6, 6.07) is 2.52. The Morgan fingerprint density at radius 3 is 2.44 bits per heavy atom. The van der Waals surface area contributed by atoms with Crippen molar-refractivity contribution < 1.29 is 30.9 Å². The molecule has 0 spiro atoms. The molecule has 0 saturated carbocycles. The smallest absolute Gasteiger partial charge is 0.269 e. The Labute approximate surface area is 197 Å². The summed E-state index contributed by atoms with van der Waals surface area (Å²) in [5.41, 5.74) is -0.774. The molecule has 0 atom stereocenters. The molecule has 3 aromatic rings. The van der Waals surface area contributed by atoms with Gasteiger partial charge in [-0.1, -0.05) is 0 Å². The second kappa shape index (κ2) is 8.89. The summed E-state index contributed by atoms with van der Waals surface area (Å²) >= 11 is 0. The van der Waals surface area contributed by atoms with Crippen molar-refractivity contribution in [1.29, 1.82) is 0 Å². The van der Waals surface area contributed by atoms with Crippen LogP contribution in [0.5, 0.6) is 23.0 Å². The Bertz CT molecular complexity index is 1330. The molecule has 1 amide bonds. The number of pyridine rings is 1. The first kappa shape index (κ1) is 20.3. The standard InChI is InChI=1S/C22H23FN6O5/c1-22(2)20(30)28-19-13(34-22)6-7-16(27-19)26-18-12(23)10-24-21(29-18)25-11-8-14(31-3)17(33-5)15(9-11)32-4/h6-10H,1-5H3,(H3,24,25,26,27,28,29,30)/i6D,7D. The summed E-state index contributed by atoms with van der Waals surface area (Å²) in [5, 5.41) is 8.06. The second-order valence-electron chi connectivity index (χ2n) is 7.51. The average molecular weight is 472 g/mol. The summed E-state index contributed by atoms with van der Waals surface area (Å²) in [6.45, 7) is 3.05. The Morgan fingerprint density at radius 1 is 1.09 bits per heavy atom. The number of aromatic nitrogens is 3. The highest BCUT2D eigenvalue weighted by atomic mass is 19.1. The molecule has 11 nitrogen and oxygen atoms in total. The van der Waals surface area contributed by atoms with E-state index in [2.05, 4.69) is 30.9 Å². The predicted molar refractivity (Wildman–Crippen MR) is 122 cm³/mol. The van der Waals surface area contributed by atoms with Crippen LogP contribution in [0.15, 0.2) is 30.4 Å². The summed E-state index contributed by atoms with van der Waals surface area (Å²) in [4.78, 5) is 24.4. The Hall–Kier alpha value is -4.35. The zero-order valence-corrected chi connectivity index (χ0v) is 19.0. The minimum atomic E-state index is -1.24. The quantitative estimate of drug-likeness (QED) is 0.469. The van der Waals surface area contributed by atoms with E-state index in [1.807, 2.05) is 0 Å². The molecule has 0 radical (unpaired) electrons. The van der Waals surface area contributed by atoms with Crippen LogP contribution >= 0.6 is 0 Å². The van der Waals surface area contributed by atoms with E-state index >= 15 is 0 Å². The first-order valence-corrected chi connectivity index (χ1v) is 9.96. The van der Waals surface area contributed by atoms with E-state index in [1.165, 1.54) is 35.2 Å². The van der Waals surface area contributed by atoms with Crippen LogP contribution in [0.1, 0.15) is 16.6 Å². The van der Waals surface area contributed by atoms with E-state index in [4.69, 9.17) is 21.7 Å². The fourth-order valence-electron chi connectivity index (χ4n) is 3.05. The highest BCUT2D eigenvalue weighted by molar-refractivity contribution is 5.99. The van der Waals surface area contributed by atoms with Crippen molar-refractivity contribution in [3.8, 4) is 23.0 Å². The zero-order chi connectivity index (χ0) is 26.2. The van der Waals surface area contributed by atoms with Gasteiger partial charge in [-0.25, -0.2) is 14.4 Å². The summed E-state index contributed by atoms with van der Waals surface area (Å²) in [5.74, 6) is -0.798. The van der Waals surface area contributed by atoms with Gasteiger partial charge in [-0.2, -0.15) is 4.98 Å². The van der Waals surface area contributed by atoms with Crippen molar-refractivity contribution in [3.05, 3.63) is 36.2 Å². The van der Waals surface area contributed by atoms with Gasteiger partial charge in [0.1, 0.15) is 5.82 Å². The highest BCUT2D eigenvalue weighted by Gasteiger charge is 2.36. The maximum atomic E-state index is 14.6. The van der Waals surface area contributed by atoms with Gasteiger partial charge in [0.2, 0.25) is 11.7 Å². The molecule has 1 aromatic carbocycles. The van der Waals surface area contributed by atoms with Crippen LogP contribution in [0, 0.1) is 5.82 Å². The molecule has 0 unspecified atom stereocenters. The molecular weight excluding hydrogens is 447 g/mol. The van der Waals surface area contributed by atoms with Crippen molar-refractivity contribution in [2.24, 2.45) is 0 Å². The summed E-state index contributed by atoms with van der Waals surface area (Å²) in [7, 11) is 4.41. The van der Waals surface area contributed by atoms with Crippen LogP contribution < -0.4 is 34.9 Å². The number of carbonyl (C=O) groups is 1. The average Bonchev–Trinajstić information content (AvgIpc) is 2.85. The molecule has 2 aromatic heterocycles. The zero-order valence-electron chi connectivity index (χ0n) is 21.0.